The molecule has 0 unspecified atom stereocenters. The van der Waals surface area contributed by atoms with Gasteiger partial charge in [0.1, 0.15) is 5.75 Å². The molecule has 0 atom stereocenters. The highest BCUT2D eigenvalue weighted by Crippen LogP contribution is 2.42. The Bertz CT molecular complexity index is 997. The molecule has 0 radical (unpaired) electrons. The molecular formula is C26H19BrO2. The van der Waals surface area contributed by atoms with E-state index in [1.807, 2.05) is 66.7 Å². The van der Waals surface area contributed by atoms with E-state index in [1.54, 1.807) is 6.07 Å². The summed E-state index contributed by atoms with van der Waals surface area (Å²) in [5.41, 5.74) is 2.54. The van der Waals surface area contributed by atoms with E-state index >= 15 is 0 Å². The molecule has 0 heterocycles. The maximum Gasteiger partial charge on any atom is 0.184 e. The minimum absolute atomic E-state index is 0.492. The average molecular weight is 443 g/mol. The minimum Gasteiger partial charge on any atom is -0.472 e. The first-order chi connectivity index (χ1) is 14.2. The van der Waals surface area contributed by atoms with E-state index in [0.717, 1.165) is 27.4 Å². The van der Waals surface area contributed by atoms with Crippen molar-refractivity contribution in [1.29, 1.82) is 0 Å². The van der Waals surface area contributed by atoms with Gasteiger partial charge in [-0.05, 0) is 18.2 Å². The van der Waals surface area contributed by atoms with Crippen molar-refractivity contribution in [1.82, 2.24) is 0 Å². The molecule has 0 N–H and O–H groups in total. The fourth-order valence-electron chi connectivity index (χ4n) is 3.56. The summed E-state index contributed by atoms with van der Waals surface area (Å²) in [7, 11) is 0. The van der Waals surface area contributed by atoms with E-state index in [0.29, 0.717) is 11.3 Å². The smallest absolute Gasteiger partial charge is 0.184 e. The number of hydrogen-bond acceptors (Lipinski definition) is 2. The number of carbonyl (C=O) groups excluding carboxylic acids is 1. The molecule has 0 bridgehead atoms. The number of aldehydes is 1. The number of halogens is 1. The molecule has 0 saturated carbocycles. The van der Waals surface area contributed by atoms with E-state index in [-0.39, 0.29) is 0 Å². The van der Waals surface area contributed by atoms with Crippen molar-refractivity contribution >= 4 is 22.2 Å². The lowest BCUT2D eigenvalue weighted by Gasteiger charge is -2.36. The van der Waals surface area contributed by atoms with Gasteiger partial charge in [0.2, 0.25) is 0 Å². The zero-order valence-corrected chi connectivity index (χ0v) is 17.3. The van der Waals surface area contributed by atoms with Crippen LogP contribution in [0.2, 0.25) is 0 Å². The summed E-state index contributed by atoms with van der Waals surface area (Å²) >= 11 is 3.44. The summed E-state index contributed by atoms with van der Waals surface area (Å²) in [6.07, 6.45) is 0.825. The summed E-state index contributed by atoms with van der Waals surface area (Å²) in [4.78, 5) is 11.8. The summed E-state index contributed by atoms with van der Waals surface area (Å²) in [6.45, 7) is 0. The lowest BCUT2D eigenvalue weighted by molar-refractivity contribution is 0.110. The zero-order valence-electron chi connectivity index (χ0n) is 15.7. The molecule has 0 amide bonds. The Morgan fingerprint density at radius 2 is 1.10 bits per heavy atom. The van der Waals surface area contributed by atoms with Gasteiger partial charge in [-0.2, -0.15) is 0 Å². The van der Waals surface area contributed by atoms with Gasteiger partial charge in [-0.3, -0.25) is 4.79 Å². The minimum atomic E-state index is -0.907. The topological polar surface area (TPSA) is 26.3 Å². The van der Waals surface area contributed by atoms with Crippen molar-refractivity contribution in [3.8, 4) is 5.75 Å². The second-order valence-electron chi connectivity index (χ2n) is 6.68. The average Bonchev–Trinajstić information content (AvgIpc) is 2.80. The van der Waals surface area contributed by atoms with E-state index < -0.39 is 5.60 Å². The van der Waals surface area contributed by atoms with E-state index in [1.165, 1.54) is 0 Å². The van der Waals surface area contributed by atoms with Crippen LogP contribution in [0.15, 0.2) is 114 Å². The summed E-state index contributed by atoms with van der Waals surface area (Å²) in [5, 5.41) is 0. The van der Waals surface area contributed by atoms with Gasteiger partial charge in [0, 0.05) is 21.2 Å². The number of ether oxygens (including phenoxy) is 1. The Morgan fingerprint density at radius 1 is 0.655 bits per heavy atom. The van der Waals surface area contributed by atoms with Crippen LogP contribution in [0.1, 0.15) is 27.0 Å². The number of rotatable bonds is 6. The third-order valence-corrected chi connectivity index (χ3v) is 5.40. The van der Waals surface area contributed by atoms with Crippen molar-refractivity contribution in [2.75, 3.05) is 0 Å². The first-order valence-corrected chi connectivity index (χ1v) is 10.1. The molecule has 142 valence electrons. The second-order valence-corrected chi connectivity index (χ2v) is 7.60. The molecule has 4 rings (SSSR count). The molecule has 0 aromatic heterocycles. The fourth-order valence-corrected chi connectivity index (χ4v) is 3.94. The maximum atomic E-state index is 11.8. The molecule has 0 aliphatic rings. The predicted molar refractivity (Wildman–Crippen MR) is 119 cm³/mol. The van der Waals surface area contributed by atoms with Crippen LogP contribution in [-0.4, -0.2) is 6.29 Å². The van der Waals surface area contributed by atoms with Crippen molar-refractivity contribution in [2.45, 2.75) is 5.60 Å². The van der Waals surface area contributed by atoms with Crippen LogP contribution in [0.25, 0.3) is 0 Å². The Kier molecular flexibility index (Phi) is 5.59. The second kappa shape index (κ2) is 8.46. The first kappa shape index (κ1) is 19.2. The third kappa shape index (κ3) is 3.74. The molecule has 4 aromatic rings. The summed E-state index contributed by atoms with van der Waals surface area (Å²) in [6, 6.07) is 35.8. The highest BCUT2D eigenvalue weighted by Gasteiger charge is 2.39. The quantitative estimate of drug-likeness (QED) is 0.247. The molecule has 0 aliphatic carbocycles. The van der Waals surface area contributed by atoms with Crippen molar-refractivity contribution in [3.05, 3.63) is 136 Å². The molecule has 29 heavy (non-hydrogen) atoms. The third-order valence-electron chi connectivity index (χ3n) is 4.90. The van der Waals surface area contributed by atoms with Gasteiger partial charge in [0.15, 0.2) is 11.9 Å². The molecule has 4 aromatic carbocycles. The SMILES string of the molecule is O=Cc1cc(Br)ccc1OC(c1ccccc1)(c1ccccc1)c1ccccc1. The van der Waals surface area contributed by atoms with Gasteiger partial charge in [-0.25, -0.2) is 0 Å². The molecule has 3 heteroatoms. The highest BCUT2D eigenvalue weighted by molar-refractivity contribution is 9.10. The molecule has 0 spiro atoms. The lowest BCUT2D eigenvalue weighted by atomic mass is 9.80. The number of carbonyl (C=O) groups is 1. The Morgan fingerprint density at radius 3 is 1.52 bits per heavy atom. The number of hydrogen-bond donors (Lipinski definition) is 0. The van der Waals surface area contributed by atoms with Crippen LogP contribution in [0.4, 0.5) is 0 Å². The molecule has 0 fully saturated rings. The van der Waals surface area contributed by atoms with E-state index in [4.69, 9.17) is 4.74 Å². The van der Waals surface area contributed by atoms with Crippen LogP contribution < -0.4 is 4.74 Å². The van der Waals surface area contributed by atoms with Gasteiger partial charge in [0.25, 0.3) is 0 Å². The Labute approximate surface area is 178 Å². The van der Waals surface area contributed by atoms with Gasteiger partial charge in [-0.15, -0.1) is 0 Å². The molecule has 0 saturated heterocycles. The van der Waals surface area contributed by atoms with Gasteiger partial charge >= 0.3 is 0 Å². The normalized spacial score (nSPS) is 11.1. The number of benzene rings is 4. The van der Waals surface area contributed by atoms with Crippen LogP contribution in [-0.2, 0) is 5.60 Å². The highest BCUT2D eigenvalue weighted by atomic mass is 79.9. The summed E-state index contributed by atoms with van der Waals surface area (Å²) in [5.74, 6) is 0.528. The molecular weight excluding hydrogens is 424 g/mol. The monoisotopic (exact) mass is 442 g/mol. The summed E-state index contributed by atoms with van der Waals surface area (Å²) < 4.78 is 7.62. The van der Waals surface area contributed by atoms with Crippen LogP contribution in [0.3, 0.4) is 0 Å². The van der Waals surface area contributed by atoms with Gasteiger partial charge in [0.05, 0.1) is 5.56 Å². The standard InChI is InChI=1S/C26H19BrO2/c27-24-16-17-25(20(18-24)19-28)29-26(21-10-4-1-5-11-21,22-12-6-2-7-13-22)23-14-8-3-9-15-23/h1-19H. The lowest BCUT2D eigenvalue weighted by Crippen LogP contribution is -2.36. The van der Waals surface area contributed by atoms with E-state index in [2.05, 4.69) is 52.3 Å². The van der Waals surface area contributed by atoms with Crippen molar-refractivity contribution in [3.63, 3.8) is 0 Å². The largest absolute Gasteiger partial charge is 0.472 e. The Balaban J connectivity index is 2.02. The maximum absolute atomic E-state index is 11.8. The van der Waals surface area contributed by atoms with Crippen molar-refractivity contribution < 1.29 is 9.53 Å². The first-order valence-electron chi connectivity index (χ1n) is 9.34. The fraction of sp³-hybridized carbons (Fsp3) is 0.0385. The van der Waals surface area contributed by atoms with E-state index in [9.17, 15) is 4.79 Å². The van der Waals surface area contributed by atoms with Crippen molar-refractivity contribution in [2.24, 2.45) is 0 Å². The Hall–Kier alpha value is -3.17. The van der Waals surface area contributed by atoms with Crippen LogP contribution >= 0.6 is 15.9 Å². The van der Waals surface area contributed by atoms with Gasteiger partial charge < -0.3 is 4.74 Å². The van der Waals surface area contributed by atoms with Crippen LogP contribution in [0, 0.1) is 0 Å². The predicted octanol–water partition coefficient (Wildman–Crippen LogP) is 6.63. The van der Waals surface area contributed by atoms with Gasteiger partial charge in [-0.1, -0.05) is 107 Å². The molecule has 2 nitrogen and oxygen atoms in total. The molecule has 0 aliphatic heterocycles. The van der Waals surface area contributed by atoms with Crippen LogP contribution in [0.5, 0.6) is 5.75 Å². The zero-order chi connectivity index (χ0) is 20.1.